The Kier molecular flexibility index (Phi) is 3.75. The largest absolute Gasteiger partial charge is 0.465 e. The number of hydrogen-bond acceptors (Lipinski definition) is 5. The summed E-state index contributed by atoms with van der Waals surface area (Å²) in [6, 6.07) is 2.42. The van der Waals surface area contributed by atoms with Crippen molar-refractivity contribution >= 4 is 11.7 Å². The number of esters is 1. The van der Waals surface area contributed by atoms with Gasteiger partial charge in [-0.25, -0.2) is 4.79 Å². The molecule has 0 fully saturated rings. The first-order valence-electron chi connectivity index (χ1n) is 4.61. The first-order valence-corrected chi connectivity index (χ1v) is 4.61. The molecule has 100 valence electrons. The standard InChI is InChI=1S/C10H5F3N2O4/c1-19-9(16)7-6(10(11,12)13)3-2-5(4-14)8(7)15(17)18/h2-3H,1H3. The summed E-state index contributed by atoms with van der Waals surface area (Å²) in [6.07, 6.45) is -4.98. The van der Waals surface area contributed by atoms with Crippen molar-refractivity contribution in [2.45, 2.75) is 6.18 Å². The van der Waals surface area contributed by atoms with E-state index in [0.717, 1.165) is 7.11 Å². The van der Waals surface area contributed by atoms with Gasteiger partial charge in [-0.05, 0) is 12.1 Å². The van der Waals surface area contributed by atoms with Crippen LogP contribution in [-0.4, -0.2) is 18.0 Å². The van der Waals surface area contributed by atoms with Crippen molar-refractivity contribution < 1.29 is 27.6 Å². The molecule has 0 N–H and O–H groups in total. The van der Waals surface area contributed by atoms with Gasteiger partial charge in [-0.15, -0.1) is 0 Å². The van der Waals surface area contributed by atoms with E-state index in [-0.39, 0.29) is 0 Å². The van der Waals surface area contributed by atoms with E-state index >= 15 is 0 Å². The monoisotopic (exact) mass is 274 g/mol. The third-order valence-corrected chi connectivity index (χ3v) is 2.18. The number of nitro groups is 1. The molecule has 0 aliphatic heterocycles. The van der Waals surface area contributed by atoms with E-state index in [2.05, 4.69) is 4.74 Å². The van der Waals surface area contributed by atoms with Crippen molar-refractivity contribution in [3.8, 4) is 6.07 Å². The molecule has 0 heterocycles. The van der Waals surface area contributed by atoms with Crippen LogP contribution in [0.15, 0.2) is 12.1 Å². The molecule has 0 saturated heterocycles. The van der Waals surface area contributed by atoms with Gasteiger partial charge in [0.15, 0.2) is 5.56 Å². The van der Waals surface area contributed by atoms with Gasteiger partial charge < -0.3 is 4.74 Å². The Labute approximate surface area is 104 Å². The van der Waals surface area contributed by atoms with E-state index < -0.39 is 39.4 Å². The van der Waals surface area contributed by atoms with Gasteiger partial charge in [-0.2, -0.15) is 18.4 Å². The number of carbonyl (C=O) groups excluding carboxylic acids is 1. The molecule has 1 rings (SSSR count). The first kappa shape index (κ1) is 14.4. The highest BCUT2D eigenvalue weighted by Gasteiger charge is 2.41. The molecule has 0 radical (unpaired) electrons. The summed E-state index contributed by atoms with van der Waals surface area (Å²) in [4.78, 5) is 20.9. The highest BCUT2D eigenvalue weighted by Crippen LogP contribution is 2.37. The molecular weight excluding hydrogens is 269 g/mol. The number of rotatable bonds is 2. The zero-order valence-corrected chi connectivity index (χ0v) is 9.32. The summed E-state index contributed by atoms with van der Waals surface area (Å²) < 4.78 is 42.2. The number of benzene rings is 1. The van der Waals surface area contributed by atoms with Crippen LogP contribution in [0.25, 0.3) is 0 Å². The van der Waals surface area contributed by atoms with Crippen LogP contribution < -0.4 is 0 Å². The van der Waals surface area contributed by atoms with Gasteiger partial charge in [0.25, 0.3) is 0 Å². The van der Waals surface area contributed by atoms with Crippen LogP contribution in [0.5, 0.6) is 0 Å². The molecule has 0 aliphatic carbocycles. The Bertz CT molecular complexity index is 590. The predicted octanol–water partition coefficient (Wildman–Crippen LogP) is 2.27. The van der Waals surface area contributed by atoms with Crippen molar-refractivity contribution in [2.75, 3.05) is 7.11 Å². The zero-order valence-electron chi connectivity index (χ0n) is 9.32. The highest BCUT2D eigenvalue weighted by atomic mass is 19.4. The SMILES string of the molecule is COC(=O)c1c(C(F)(F)F)ccc(C#N)c1[N+](=O)[O-]. The van der Waals surface area contributed by atoms with Gasteiger partial charge >= 0.3 is 17.8 Å². The van der Waals surface area contributed by atoms with Crippen molar-refractivity contribution in [3.63, 3.8) is 0 Å². The van der Waals surface area contributed by atoms with Crippen LogP contribution in [0.4, 0.5) is 18.9 Å². The first-order chi connectivity index (χ1) is 8.73. The smallest absolute Gasteiger partial charge is 0.417 e. The van der Waals surface area contributed by atoms with E-state index in [1.807, 2.05) is 0 Å². The average molecular weight is 274 g/mol. The van der Waals surface area contributed by atoms with Crippen LogP contribution in [0.1, 0.15) is 21.5 Å². The quantitative estimate of drug-likeness (QED) is 0.468. The summed E-state index contributed by atoms with van der Waals surface area (Å²) >= 11 is 0. The minimum absolute atomic E-state index is 0.428. The molecule has 0 spiro atoms. The van der Waals surface area contributed by atoms with E-state index in [9.17, 15) is 28.1 Å². The Morgan fingerprint density at radius 3 is 2.42 bits per heavy atom. The number of methoxy groups -OCH3 is 1. The maximum absolute atomic E-state index is 12.7. The van der Waals surface area contributed by atoms with E-state index in [0.29, 0.717) is 12.1 Å². The number of alkyl halides is 3. The Morgan fingerprint density at radius 2 is 2.05 bits per heavy atom. The fourth-order valence-corrected chi connectivity index (χ4v) is 1.42. The summed E-state index contributed by atoms with van der Waals surface area (Å²) in [5.74, 6) is -1.53. The molecule has 0 bridgehead atoms. The fraction of sp³-hybridized carbons (Fsp3) is 0.200. The molecule has 1 aromatic rings. The second kappa shape index (κ2) is 4.93. The molecule has 0 saturated carbocycles. The van der Waals surface area contributed by atoms with Crippen LogP contribution >= 0.6 is 0 Å². The molecule has 19 heavy (non-hydrogen) atoms. The van der Waals surface area contributed by atoms with Crippen LogP contribution in [0.3, 0.4) is 0 Å². The minimum Gasteiger partial charge on any atom is -0.465 e. The molecule has 0 aliphatic rings. The highest BCUT2D eigenvalue weighted by molar-refractivity contribution is 5.97. The predicted molar refractivity (Wildman–Crippen MR) is 54.2 cm³/mol. The maximum atomic E-state index is 12.7. The number of ether oxygens (including phenoxy) is 1. The van der Waals surface area contributed by atoms with Gasteiger partial charge in [0.1, 0.15) is 11.6 Å². The van der Waals surface area contributed by atoms with Crippen molar-refractivity contribution in [1.29, 1.82) is 5.26 Å². The summed E-state index contributed by atoms with van der Waals surface area (Å²) in [5, 5.41) is 19.4. The molecule has 0 atom stereocenters. The lowest BCUT2D eigenvalue weighted by molar-refractivity contribution is -0.385. The van der Waals surface area contributed by atoms with Crippen molar-refractivity contribution in [2.24, 2.45) is 0 Å². The minimum atomic E-state index is -4.98. The summed E-state index contributed by atoms with van der Waals surface area (Å²) in [7, 11) is 0.783. The van der Waals surface area contributed by atoms with E-state index in [1.165, 1.54) is 6.07 Å². The normalized spacial score (nSPS) is 10.7. The molecule has 9 heteroatoms. The fourth-order valence-electron chi connectivity index (χ4n) is 1.42. The third kappa shape index (κ3) is 2.62. The summed E-state index contributed by atoms with van der Waals surface area (Å²) in [5.41, 5.74) is -4.67. The third-order valence-electron chi connectivity index (χ3n) is 2.18. The van der Waals surface area contributed by atoms with Gasteiger partial charge in [0.2, 0.25) is 0 Å². The van der Waals surface area contributed by atoms with E-state index in [1.54, 1.807) is 0 Å². The molecule has 6 nitrogen and oxygen atoms in total. The van der Waals surface area contributed by atoms with Crippen LogP contribution in [0.2, 0.25) is 0 Å². The average Bonchev–Trinajstić information content (AvgIpc) is 2.34. The lowest BCUT2D eigenvalue weighted by Crippen LogP contribution is -2.17. The molecule has 0 unspecified atom stereocenters. The number of halogens is 3. The number of carbonyl (C=O) groups is 1. The second-order valence-electron chi connectivity index (χ2n) is 3.24. The lowest BCUT2D eigenvalue weighted by atomic mass is 10.0. The molecule has 1 aromatic carbocycles. The Hall–Kier alpha value is -2.63. The molecule has 0 aromatic heterocycles. The topological polar surface area (TPSA) is 93.2 Å². The molecular formula is C10H5F3N2O4. The summed E-state index contributed by atoms with van der Waals surface area (Å²) in [6.45, 7) is 0. The number of hydrogen-bond donors (Lipinski definition) is 0. The Balaban J connectivity index is 3.81. The van der Waals surface area contributed by atoms with Crippen LogP contribution in [-0.2, 0) is 10.9 Å². The van der Waals surface area contributed by atoms with Gasteiger partial charge in [0, 0.05) is 0 Å². The number of nitriles is 1. The van der Waals surface area contributed by atoms with Gasteiger partial charge in [-0.1, -0.05) is 0 Å². The van der Waals surface area contributed by atoms with Crippen LogP contribution in [0, 0.1) is 21.4 Å². The van der Waals surface area contributed by atoms with Gasteiger partial charge in [0.05, 0.1) is 17.6 Å². The number of nitro benzene ring substituents is 1. The van der Waals surface area contributed by atoms with Gasteiger partial charge in [-0.3, -0.25) is 10.1 Å². The van der Waals surface area contributed by atoms with Crippen molar-refractivity contribution in [1.82, 2.24) is 0 Å². The number of nitrogens with zero attached hydrogens (tertiary/aromatic N) is 2. The lowest BCUT2D eigenvalue weighted by Gasteiger charge is -2.11. The maximum Gasteiger partial charge on any atom is 0.417 e. The second-order valence-corrected chi connectivity index (χ2v) is 3.24. The van der Waals surface area contributed by atoms with Crippen molar-refractivity contribution in [3.05, 3.63) is 38.9 Å². The molecule has 0 amide bonds. The zero-order chi connectivity index (χ0) is 14.8. The Morgan fingerprint density at radius 1 is 1.47 bits per heavy atom. The van der Waals surface area contributed by atoms with E-state index in [4.69, 9.17) is 5.26 Å².